The van der Waals surface area contributed by atoms with Crippen LogP contribution in [0.4, 0.5) is 17.1 Å². The maximum atomic E-state index is 6.08. The van der Waals surface area contributed by atoms with Crippen LogP contribution in [-0.4, -0.2) is 15.0 Å². The van der Waals surface area contributed by atoms with Crippen molar-refractivity contribution in [3.63, 3.8) is 0 Å². The van der Waals surface area contributed by atoms with E-state index in [0.29, 0.717) is 5.89 Å². The molecule has 0 radical (unpaired) electrons. The van der Waals surface area contributed by atoms with E-state index in [2.05, 4.69) is 114 Å². The van der Waals surface area contributed by atoms with Gasteiger partial charge in [0.1, 0.15) is 5.52 Å². The predicted molar refractivity (Wildman–Crippen MR) is 204 cm³/mol. The Bertz CT molecular complexity index is 2550. The van der Waals surface area contributed by atoms with Crippen LogP contribution in [0, 0.1) is 0 Å². The zero-order valence-corrected chi connectivity index (χ0v) is 27.0. The summed E-state index contributed by atoms with van der Waals surface area (Å²) in [7, 11) is 0. The summed E-state index contributed by atoms with van der Waals surface area (Å²) in [5.74, 6) is 0.602. The van der Waals surface area contributed by atoms with E-state index in [1.54, 1.807) is 0 Å². The Balaban J connectivity index is 1.14. The lowest BCUT2D eigenvalue weighted by molar-refractivity contribution is 0.620. The molecule has 0 N–H and O–H groups in total. The fourth-order valence-electron chi connectivity index (χ4n) is 6.42. The van der Waals surface area contributed by atoms with E-state index in [1.165, 1.54) is 5.56 Å². The number of hydrogen-bond donors (Lipinski definition) is 0. The number of para-hydroxylation sites is 4. The van der Waals surface area contributed by atoms with Crippen molar-refractivity contribution < 1.29 is 4.42 Å². The summed E-state index contributed by atoms with van der Waals surface area (Å²) < 4.78 is 6.08. The molecule has 0 aliphatic rings. The van der Waals surface area contributed by atoms with Crippen molar-refractivity contribution in [3.05, 3.63) is 182 Å². The van der Waals surface area contributed by atoms with Gasteiger partial charge in [-0.1, -0.05) is 109 Å². The summed E-state index contributed by atoms with van der Waals surface area (Å²) in [5, 5.41) is 0. The minimum absolute atomic E-state index is 0.602. The third kappa shape index (κ3) is 5.57. The molecule has 0 spiro atoms. The van der Waals surface area contributed by atoms with E-state index < -0.39 is 0 Å². The highest BCUT2D eigenvalue weighted by Crippen LogP contribution is 2.39. The van der Waals surface area contributed by atoms with E-state index >= 15 is 0 Å². The van der Waals surface area contributed by atoms with Gasteiger partial charge in [0.2, 0.25) is 5.89 Å². The fraction of sp³-hybridized carbons (Fsp3) is 0. The molecule has 0 fully saturated rings. The van der Waals surface area contributed by atoms with Crippen LogP contribution >= 0.6 is 0 Å². The molecule has 50 heavy (non-hydrogen) atoms. The molecule has 5 nitrogen and oxygen atoms in total. The number of fused-ring (bicyclic) bond motifs is 2. The monoisotopic (exact) mass is 642 g/mol. The van der Waals surface area contributed by atoms with Crippen molar-refractivity contribution in [2.24, 2.45) is 0 Å². The van der Waals surface area contributed by atoms with Crippen molar-refractivity contribution in [3.8, 4) is 45.1 Å². The lowest BCUT2D eigenvalue weighted by Crippen LogP contribution is -2.10. The highest BCUT2D eigenvalue weighted by molar-refractivity contribution is 5.88. The molecule has 7 aromatic carbocycles. The van der Waals surface area contributed by atoms with Gasteiger partial charge >= 0.3 is 0 Å². The van der Waals surface area contributed by atoms with Crippen molar-refractivity contribution in [2.75, 3.05) is 4.90 Å². The molecule has 2 aromatic heterocycles. The van der Waals surface area contributed by atoms with E-state index in [0.717, 1.165) is 72.8 Å². The molecule has 9 rings (SSSR count). The van der Waals surface area contributed by atoms with Crippen molar-refractivity contribution in [1.29, 1.82) is 0 Å². The standard InChI is InChI=1S/C45H30N4O/c1-3-12-31(13-4-1)35-16-11-17-38(30-35)49(37-28-24-34(25-29-37)45-48-41-20-9-10-21-42(41)50-45)36-26-22-33(23-27-36)44-43(32-14-5-2-6-15-32)46-39-18-7-8-19-40(39)47-44/h1-30H. The van der Waals surface area contributed by atoms with Crippen LogP contribution < -0.4 is 4.90 Å². The smallest absolute Gasteiger partial charge is 0.227 e. The molecule has 0 atom stereocenters. The molecule has 0 aliphatic carbocycles. The molecule has 0 saturated carbocycles. The van der Waals surface area contributed by atoms with E-state index in [-0.39, 0.29) is 0 Å². The van der Waals surface area contributed by atoms with Gasteiger partial charge in [-0.15, -0.1) is 0 Å². The first kappa shape index (κ1) is 29.3. The zero-order chi connectivity index (χ0) is 33.3. The Labute approximate surface area is 289 Å². The first-order valence-electron chi connectivity index (χ1n) is 16.6. The average Bonchev–Trinajstić information content (AvgIpc) is 3.64. The van der Waals surface area contributed by atoms with Gasteiger partial charge in [0.05, 0.1) is 22.4 Å². The van der Waals surface area contributed by atoms with Crippen LogP contribution in [0.15, 0.2) is 186 Å². The summed E-state index contributed by atoms with van der Waals surface area (Å²) >= 11 is 0. The second-order valence-corrected chi connectivity index (χ2v) is 12.1. The molecule has 236 valence electrons. The second kappa shape index (κ2) is 12.6. The SMILES string of the molecule is c1ccc(-c2cccc(N(c3ccc(-c4nc5ccccc5o4)cc3)c3ccc(-c4nc5ccccc5nc4-c4ccccc4)cc3)c2)cc1. The first-order chi connectivity index (χ1) is 24.8. The molecule has 0 aliphatic heterocycles. The molecule has 0 unspecified atom stereocenters. The summed E-state index contributed by atoms with van der Waals surface area (Å²) in [6.07, 6.45) is 0. The number of benzene rings is 7. The van der Waals surface area contributed by atoms with E-state index in [1.807, 2.05) is 72.8 Å². The van der Waals surface area contributed by atoms with Crippen molar-refractivity contribution in [1.82, 2.24) is 15.0 Å². The number of nitrogens with zero attached hydrogens (tertiary/aromatic N) is 4. The highest BCUT2D eigenvalue weighted by Gasteiger charge is 2.17. The van der Waals surface area contributed by atoms with Crippen LogP contribution in [0.1, 0.15) is 0 Å². The van der Waals surface area contributed by atoms with Crippen LogP contribution in [0.5, 0.6) is 0 Å². The molecule has 2 heterocycles. The lowest BCUT2D eigenvalue weighted by Gasteiger charge is -2.26. The van der Waals surface area contributed by atoms with Gasteiger partial charge in [0.15, 0.2) is 5.58 Å². The normalized spacial score (nSPS) is 11.2. The average molecular weight is 643 g/mol. The minimum atomic E-state index is 0.602. The minimum Gasteiger partial charge on any atom is -0.436 e. The number of anilines is 3. The van der Waals surface area contributed by atoms with Gasteiger partial charge in [-0.25, -0.2) is 15.0 Å². The number of aromatic nitrogens is 3. The topological polar surface area (TPSA) is 55.1 Å². The van der Waals surface area contributed by atoms with Gasteiger partial charge in [-0.3, -0.25) is 0 Å². The van der Waals surface area contributed by atoms with Gasteiger partial charge in [0.25, 0.3) is 0 Å². The molecule has 0 saturated heterocycles. The lowest BCUT2D eigenvalue weighted by atomic mass is 10.0. The molecular formula is C45H30N4O. The third-order valence-electron chi connectivity index (χ3n) is 8.89. The van der Waals surface area contributed by atoms with E-state index in [4.69, 9.17) is 19.4 Å². The van der Waals surface area contributed by atoms with Crippen LogP contribution in [0.2, 0.25) is 0 Å². The van der Waals surface area contributed by atoms with Gasteiger partial charge in [0, 0.05) is 33.8 Å². The maximum Gasteiger partial charge on any atom is 0.227 e. The second-order valence-electron chi connectivity index (χ2n) is 12.1. The number of hydrogen-bond acceptors (Lipinski definition) is 5. The number of oxazole rings is 1. The van der Waals surface area contributed by atoms with Crippen LogP contribution in [-0.2, 0) is 0 Å². The molecular weight excluding hydrogens is 613 g/mol. The Morgan fingerprint density at radius 3 is 1.46 bits per heavy atom. The predicted octanol–water partition coefficient (Wildman–Crippen LogP) is 11.9. The Hall–Kier alpha value is -6.85. The zero-order valence-electron chi connectivity index (χ0n) is 27.0. The quantitative estimate of drug-likeness (QED) is 0.173. The molecule has 9 aromatic rings. The van der Waals surface area contributed by atoms with Gasteiger partial charge in [-0.05, 0) is 83.9 Å². The fourth-order valence-corrected chi connectivity index (χ4v) is 6.42. The summed E-state index contributed by atoms with van der Waals surface area (Å²) in [4.78, 5) is 17.2. The number of rotatable bonds is 7. The van der Waals surface area contributed by atoms with Gasteiger partial charge < -0.3 is 9.32 Å². The summed E-state index contributed by atoms with van der Waals surface area (Å²) in [6.45, 7) is 0. The first-order valence-corrected chi connectivity index (χ1v) is 16.6. The Morgan fingerprint density at radius 2 is 0.840 bits per heavy atom. The largest absolute Gasteiger partial charge is 0.436 e. The Kier molecular flexibility index (Phi) is 7.41. The molecule has 0 amide bonds. The molecule has 5 heteroatoms. The van der Waals surface area contributed by atoms with Crippen molar-refractivity contribution >= 4 is 39.2 Å². The summed E-state index contributed by atoms with van der Waals surface area (Å²) in [5.41, 5.74) is 13.4. The third-order valence-corrected chi connectivity index (χ3v) is 8.89. The van der Waals surface area contributed by atoms with Gasteiger partial charge in [-0.2, -0.15) is 0 Å². The van der Waals surface area contributed by atoms with Crippen LogP contribution in [0.3, 0.4) is 0 Å². The summed E-state index contributed by atoms with van der Waals surface area (Å²) in [6, 6.07) is 62.2. The van der Waals surface area contributed by atoms with E-state index in [9.17, 15) is 0 Å². The molecule has 0 bridgehead atoms. The van der Waals surface area contributed by atoms with Crippen LogP contribution in [0.25, 0.3) is 67.2 Å². The highest BCUT2D eigenvalue weighted by atomic mass is 16.3. The Morgan fingerprint density at radius 1 is 0.340 bits per heavy atom. The van der Waals surface area contributed by atoms with Crippen molar-refractivity contribution in [2.45, 2.75) is 0 Å². The maximum absolute atomic E-state index is 6.08.